The van der Waals surface area contributed by atoms with E-state index >= 15 is 0 Å². The van der Waals surface area contributed by atoms with E-state index in [2.05, 4.69) is 56.2 Å². The van der Waals surface area contributed by atoms with Crippen molar-refractivity contribution < 1.29 is 19.4 Å². The average molecular weight is 660 g/mol. The van der Waals surface area contributed by atoms with E-state index in [-0.39, 0.29) is 22.3 Å². The van der Waals surface area contributed by atoms with E-state index < -0.39 is 5.97 Å². The number of benzene rings is 1. The number of fused-ring (bicyclic) bond motifs is 7. The zero-order valence-corrected chi connectivity index (χ0v) is 30.3. The van der Waals surface area contributed by atoms with Crippen molar-refractivity contribution in [1.82, 2.24) is 15.5 Å². The van der Waals surface area contributed by atoms with Crippen LogP contribution in [0.3, 0.4) is 0 Å². The van der Waals surface area contributed by atoms with Gasteiger partial charge in [-0.2, -0.15) is 0 Å². The van der Waals surface area contributed by atoms with Crippen LogP contribution in [0.4, 0.5) is 4.79 Å². The average Bonchev–Trinajstić information content (AvgIpc) is 3.49. The number of aromatic carboxylic acids is 1. The molecule has 48 heavy (non-hydrogen) atoms. The summed E-state index contributed by atoms with van der Waals surface area (Å²) < 4.78 is 5.68. The maximum Gasteiger partial charge on any atom is 0.407 e. The lowest BCUT2D eigenvalue weighted by molar-refractivity contribution is -0.222. The Kier molecular flexibility index (Phi) is 8.83. The summed E-state index contributed by atoms with van der Waals surface area (Å²) in [7, 11) is 0. The van der Waals surface area contributed by atoms with Crippen LogP contribution in [0.25, 0.3) is 5.57 Å². The predicted octanol–water partition coefficient (Wildman–Crippen LogP) is 7.86. The van der Waals surface area contributed by atoms with Crippen molar-refractivity contribution in [3.8, 4) is 0 Å². The number of rotatable bonds is 7. The van der Waals surface area contributed by atoms with Crippen molar-refractivity contribution in [3.63, 3.8) is 0 Å². The number of carbonyl (C=O) groups excluding carboxylic acids is 1. The second-order valence-corrected chi connectivity index (χ2v) is 18.0. The number of carboxylic acids is 1. The van der Waals surface area contributed by atoms with Gasteiger partial charge >= 0.3 is 12.1 Å². The first-order valence-corrected chi connectivity index (χ1v) is 19.2. The molecule has 7 unspecified atom stereocenters. The molecule has 4 saturated carbocycles. The lowest BCUT2D eigenvalue weighted by Crippen LogP contribution is -2.65. The molecule has 0 bridgehead atoms. The first kappa shape index (κ1) is 34.1. The Bertz CT molecular complexity index is 1420. The molecule has 264 valence electrons. The second kappa shape index (κ2) is 12.4. The van der Waals surface area contributed by atoms with Crippen LogP contribution < -0.4 is 10.6 Å². The minimum absolute atomic E-state index is 0.0231. The highest BCUT2D eigenvalue weighted by Crippen LogP contribution is 2.77. The molecule has 5 aliphatic carbocycles. The third-order valence-corrected chi connectivity index (χ3v) is 16.0. The molecule has 1 amide bonds. The number of amides is 1. The molecule has 7 nitrogen and oxygen atoms in total. The van der Waals surface area contributed by atoms with Crippen LogP contribution in [0.2, 0.25) is 0 Å². The minimum Gasteiger partial charge on any atom is -0.478 e. The number of nitrogens with zero attached hydrogens (tertiary/aromatic N) is 1. The van der Waals surface area contributed by atoms with Gasteiger partial charge < -0.3 is 20.5 Å². The largest absolute Gasteiger partial charge is 0.478 e. The van der Waals surface area contributed by atoms with Crippen LogP contribution in [0.5, 0.6) is 0 Å². The molecule has 7 rings (SSSR count). The van der Waals surface area contributed by atoms with E-state index in [9.17, 15) is 14.7 Å². The number of ether oxygens (including phenoxy) is 1. The van der Waals surface area contributed by atoms with Gasteiger partial charge in [-0.15, -0.1) is 0 Å². The van der Waals surface area contributed by atoms with Crippen LogP contribution in [0.1, 0.15) is 115 Å². The van der Waals surface area contributed by atoms with Crippen molar-refractivity contribution in [3.05, 3.63) is 41.5 Å². The van der Waals surface area contributed by atoms with Crippen molar-refractivity contribution in [2.45, 2.75) is 98.8 Å². The van der Waals surface area contributed by atoms with Crippen molar-refractivity contribution in [1.29, 1.82) is 0 Å². The van der Waals surface area contributed by atoms with Crippen LogP contribution in [0, 0.1) is 50.7 Å². The van der Waals surface area contributed by atoms with Crippen molar-refractivity contribution in [2.24, 2.45) is 50.7 Å². The van der Waals surface area contributed by atoms with Crippen LogP contribution in [0.15, 0.2) is 30.3 Å². The smallest absolute Gasteiger partial charge is 0.407 e. The molecule has 5 fully saturated rings. The molecule has 0 aromatic heterocycles. The SMILES string of the molecule is CC1(C)C(c2ccc(C(=O)O)cc2)=CCC2(C)C1CCC1(C)C2CCC2C3CCCC3(CNC(=O)OCCN3CCNCC3)CC[C@]21C. The highest BCUT2D eigenvalue weighted by molar-refractivity contribution is 5.88. The first-order chi connectivity index (χ1) is 22.8. The summed E-state index contributed by atoms with van der Waals surface area (Å²) in [5.74, 6) is 1.82. The van der Waals surface area contributed by atoms with Gasteiger partial charge in [-0.25, -0.2) is 9.59 Å². The number of hydrogen-bond acceptors (Lipinski definition) is 5. The van der Waals surface area contributed by atoms with Crippen LogP contribution in [-0.4, -0.2) is 67.9 Å². The number of allylic oxidation sites excluding steroid dienone is 2. The number of carbonyl (C=O) groups is 2. The Morgan fingerprint density at radius 3 is 2.38 bits per heavy atom. The number of alkyl carbamates (subject to hydrolysis) is 1. The third-order valence-electron chi connectivity index (χ3n) is 16.0. The number of piperazine rings is 1. The lowest BCUT2D eigenvalue weighted by atomic mass is 9.32. The van der Waals surface area contributed by atoms with Gasteiger partial charge in [-0.05, 0) is 132 Å². The van der Waals surface area contributed by atoms with Gasteiger partial charge in [0.25, 0.3) is 0 Å². The fourth-order valence-corrected chi connectivity index (χ4v) is 13.4. The summed E-state index contributed by atoms with van der Waals surface area (Å²) in [4.78, 5) is 26.8. The molecule has 3 N–H and O–H groups in total. The van der Waals surface area contributed by atoms with Gasteiger partial charge in [0.15, 0.2) is 0 Å². The Hall–Kier alpha value is -2.38. The Morgan fingerprint density at radius 2 is 1.65 bits per heavy atom. The summed E-state index contributed by atoms with van der Waals surface area (Å²) in [6, 6.07) is 7.58. The molecule has 0 radical (unpaired) electrons. The Labute approximate surface area is 289 Å². The Balaban J connectivity index is 1.06. The van der Waals surface area contributed by atoms with E-state index in [1.807, 2.05) is 12.1 Å². The summed E-state index contributed by atoms with van der Waals surface area (Å²) in [6.45, 7) is 19.0. The van der Waals surface area contributed by atoms with E-state index in [4.69, 9.17) is 4.74 Å². The zero-order chi connectivity index (χ0) is 34.0. The fourth-order valence-electron chi connectivity index (χ4n) is 13.4. The van der Waals surface area contributed by atoms with E-state index in [0.717, 1.165) is 51.6 Å². The van der Waals surface area contributed by atoms with Crippen LogP contribution >= 0.6 is 0 Å². The second-order valence-electron chi connectivity index (χ2n) is 18.0. The molecular weight excluding hydrogens is 598 g/mol. The molecule has 0 spiro atoms. The van der Waals surface area contributed by atoms with E-state index in [1.54, 1.807) is 12.1 Å². The molecule has 1 saturated heterocycles. The molecule has 8 atom stereocenters. The fraction of sp³-hybridized carbons (Fsp3) is 0.756. The van der Waals surface area contributed by atoms with Gasteiger partial charge in [0.05, 0.1) is 5.56 Å². The molecule has 1 aliphatic heterocycles. The highest BCUT2D eigenvalue weighted by Gasteiger charge is 2.69. The summed E-state index contributed by atoms with van der Waals surface area (Å²) in [5, 5.41) is 16.1. The number of hydrogen-bond donors (Lipinski definition) is 3. The Morgan fingerprint density at radius 1 is 0.896 bits per heavy atom. The summed E-state index contributed by atoms with van der Waals surface area (Å²) in [5.41, 5.74) is 4.03. The molecule has 1 aromatic rings. The lowest BCUT2D eigenvalue weighted by Gasteiger charge is -2.72. The maximum atomic E-state index is 12.9. The van der Waals surface area contributed by atoms with Gasteiger partial charge in [-0.1, -0.05) is 59.2 Å². The maximum absolute atomic E-state index is 12.9. The van der Waals surface area contributed by atoms with Gasteiger partial charge in [-0.3, -0.25) is 4.90 Å². The number of nitrogens with one attached hydrogen (secondary N) is 2. The minimum atomic E-state index is -0.866. The standard InChI is InChI=1S/C41H61N3O4/c1-37(2)30(28-8-10-29(11-9-28)35(45)46)14-17-38(3)33(37)15-18-40(5)34(38)13-12-31-32-7-6-16-41(32,20-19-39(31,40)4)27-43-36(47)48-26-25-44-23-21-42-22-24-44/h8-11,14,31-34,42H,6-7,12-13,15-27H2,1-5H3,(H,43,47)(H,45,46)/t31?,32?,33?,34?,38?,39-,40?,41?/m1/s1. The molecule has 1 aromatic carbocycles. The quantitative estimate of drug-likeness (QED) is 0.276. The van der Waals surface area contributed by atoms with Gasteiger partial charge in [0.2, 0.25) is 0 Å². The molecular formula is C41H61N3O4. The third kappa shape index (κ3) is 5.36. The van der Waals surface area contributed by atoms with Crippen molar-refractivity contribution >= 4 is 17.6 Å². The summed E-state index contributed by atoms with van der Waals surface area (Å²) >= 11 is 0. The first-order valence-electron chi connectivity index (χ1n) is 19.2. The number of carboxylic acid groups (broad SMARTS) is 1. The van der Waals surface area contributed by atoms with Crippen LogP contribution in [-0.2, 0) is 4.74 Å². The topological polar surface area (TPSA) is 90.9 Å². The van der Waals surface area contributed by atoms with Gasteiger partial charge in [0.1, 0.15) is 6.61 Å². The highest BCUT2D eigenvalue weighted by atomic mass is 16.5. The van der Waals surface area contributed by atoms with Gasteiger partial charge in [0, 0.05) is 39.3 Å². The molecule has 1 heterocycles. The monoisotopic (exact) mass is 659 g/mol. The normalized spacial score (nSPS) is 40.4. The van der Waals surface area contributed by atoms with E-state index in [1.165, 1.54) is 68.9 Å². The molecule has 7 heteroatoms. The van der Waals surface area contributed by atoms with Crippen molar-refractivity contribution in [2.75, 3.05) is 45.9 Å². The summed E-state index contributed by atoms with van der Waals surface area (Å²) in [6.07, 6.45) is 14.9. The predicted molar refractivity (Wildman–Crippen MR) is 191 cm³/mol. The molecule has 6 aliphatic rings. The zero-order valence-electron chi connectivity index (χ0n) is 30.3. The van der Waals surface area contributed by atoms with E-state index in [0.29, 0.717) is 40.8 Å².